The van der Waals surface area contributed by atoms with Gasteiger partial charge in [0.1, 0.15) is 0 Å². The number of likely N-dealkylation sites (N-methyl/N-ethyl adjacent to an activating group) is 1. The fourth-order valence-electron chi connectivity index (χ4n) is 3.77. The summed E-state index contributed by atoms with van der Waals surface area (Å²) in [4.78, 5) is 25.9. The molecule has 0 unspecified atom stereocenters. The van der Waals surface area contributed by atoms with E-state index in [-0.39, 0.29) is 5.54 Å². The largest absolute Gasteiger partial charge is 0.341 e. The lowest BCUT2D eigenvalue weighted by atomic mass is 9.86. The molecule has 22 heavy (non-hydrogen) atoms. The lowest BCUT2D eigenvalue weighted by molar-refractivity contribution is -0.146. The van der Waals surface area contributed by atoms with Crippen LogP contribution in [0.25, 0.3) is 0 Å². The van der Waals surface area contributed by atoms with Crippen LogP contribution in [0, 0.1) is 0 Å². The fourth-order valence-corrected chi connectivity index (χ4v) is 3.77. The molecule has 0 spiro atoms. The second-order valence-corrected chi connectivity index (χ2v) is 6.85. The first-order chi connectivity index (χ1) is 10.6. The Balaban J connectivity index is 1.62. The number of piperidine rings is 2. The van der Waals surface area contributed by atoms with Crippen molar-refractivity contribution in [1.82, 2.24) is 19.8 Å². The monoisotopic (exact) mass is 302 g/mol. The van der Waals surface area contributed by atoms with Gasteiger partial charge in [0, 0.05) is 37.6 Å². The van der Waals surface area contributed by atoms with Crippen LogP contribution in [0.4, 0.5) is 0 Å². The molecule has 5 nitrogen and oxygen atoms in total. The molecule has 0 N–H and O–H groups in total. The quantitative estimate of drug-likeness (QED) is 0.839. The summed E-state index contributed by atoms with van der Waals surface area (Å²) in [7, 11) is 2.09. The highest BCUT2D eigenvalue weighted by Crippen LogP contribution is 2.32. The van der Waals surface area contributed by atoms with Crippen LogP contribution in [0.1, 0.15) is 50.6 Å². The third-order valence-electron chi connectivity index (χ3n) is 5.49. The third-order valence-corrected chi connectivity index (χ3v) is 5.49. The number of carbonyl (C=O) groups is 1. The summed E-state index contributed by atoms with van der Waals surface area (Å²) in [6.07, 6.45) is 10.6. The highest BCUT2D eigenvalue weighted by atomic mass is 16.2. The van der Waals surface area contributed by atoms with Crippen molar-refractivity contribution in [2.75, 3.05) is 26.7 Å². The van der Waals surface area contributed by atoms with Crippen LogP contribution < -0.4 is 0 Å². The zero-order valence-corrected chi connectivity index (χ0v) is 13.7. The van der Waals surface area contributed by atoms with Gasteiger partial charge in [-0.05, 0) is 52.6 Å². The Kier molecular flexibility index (Phi) is 4.43. The van der Waals surface area contributed by atoms with Gasteiger partial charge < -0.3 is 4.90 Å². The minimum Gasteiger partial charge on any atom is -0.341 e. The molecule has 0 aliphatic carbocycles. The first-order valence-electron chi connectivity index (χ1n) is 8.38. The lowest BCUT2D eigenvalue weighted by Crippen LogP contribution is -2.59. The Bertz CT molecular complexity index is 513. The second kappa shape index (κ2) is 6.32. The second-order valence-electron chi connectivity index (χ2n) is 6.85. The van der Waals surface area contributed by atoms with Crippen molar-refractivity contribution in [3.63, 3.8) is 0 Å². The van der Waals surface area contributed by atoms with Crippen LogP contribution in [0.5, 0.6) is 0 Å². The molecule has 2 aliphatic heterocycles. The van der Waals surface area contributed by atoms with Crippen LogP contribution >= 0.6 is 0 Å². The van der Waals surface area contributed by atoms with E-state index in [0.717, 1.165) is 51.0 Å². The first kappa shape index (κ1) is 15.4. The van der Waals surface area contributed by atoms with E-state index in [1.54, 1.807) is 12.4 Å². The van der Waals surface area contributed by atoms with Crippen molar-refractivity contribution < 1.29 is 4.79 Å². The summed E-state index contributed by atoms with van der Waals surface area (Å²) in [6, 6.07) is 0. The zero-order chi connectivity index (χ0) is 15.6. The maximum absolute atomic E-state index is 13.0. The minimum atomic E-state index is -0.308. The maximum atomic E-state index is 13.0. The summed E-state index contributed by atoms with van der Waals surface area (Å²) in [5, 5.41) is 0. The van der Waals surface area contributed by atoms with Gasteiger partial charge in [0.05, 0.1) is 11.2 Å². The Labute approximate surface area is 132 Å². The molecule has 1 aromatic heterocycles. The lowest BCUT2D eigenvalue weighted by Gasteiger charge is -2.45. The molecule has 0 radical (unpaired) electrons. The van der Waals surface area contributed by atoms with E-state index >= 15 is 0 Å². The van der Waals surface area contributed by atoms with Crippen LogP contribution in [-0.2, 0) is 4.79 Å². The predicted octanol–water partition coefficient (Wildman–Crippen LogP) is 2.06. The number of hydrogen-bond donors (Lipinski definition) is 0. The summed E-state index contributed by atoms with van der Waals surface area (Å²) in [6.45, 7) is 4.81. The van der Waals surface area contributed by atoms with Crippen molar-refractivity contribution >= 4 is 5.91 Å². The Morgan fingerprint density at radius 3 is 2.64 bits per heavy atom. The molecular formula is C17H26N4O. The summed E-state index contributed by atoms with van der Waals surface area (Å²) < 4.78 is 0. The Morgan fingerprint density at radius 2 is 2.00 bits per heavy atom. The van der Waals surface area contributed by atoms with Crippen molar-refractivity contribution in [3.8, 4) is 0 Å². The summed E-state index contributed by atoms with van der Waals surface area (Å²) >= 11 is 0. The van der Waals surface area contributed by atoms with E-state index in [1.165, 1.54) is 6.42 Å². The summed E-state index contributed by atoms with van der Waals surface area (Å²) in [5.74, 6) is 0.752. The standard InChI is InChI=1S/C17H26N4O/c1-17(7-3-4-10-20(17)2)16(22)21-11-5-14(6-12-21)15-13-18-8-9-19-15/h8-9,13-14H,3-7,10-12H2,1-2H3/t17-/m0/s1. The number of nitrogens with zero attached hydrogens (tertiary/aromatic N) is 4. The van der Waals surface area contributed by atoms with Gasteiger partial charge in [-0.25, -0.2) is 0 Å². The zero-order valence-electron chi connectivity index (χ0n) is 13.7. The van der Waals surface area contributed by atoms with E-state index in [1.807, 2.05) is 6.20 Å². The van der Waals surface area contributed by atoms with Crippen LogP contribution in [-0.4, -0.2) is 57.9 Å². The Morgan fingerprint density at radius 1 is 1.23 bits per heavy atom. The Hall–Kier alpha value is -1.49. The number of rotatable bonds is 2. The van der Waals surface area contributed by atoms with E-state index < -0.39 is 0 Å². The van der Waals surface area contributed by atoms with Gasteiger partial charge in [-0.15, -0.1) is 0 Å². The predicted molar refractivity (Wildman–Crippen MR) is 85.5 cm³/mol. The van der Waals surface area contributed by atoms with E-state index in [9.17, 15) is 4.79 Å². The van der Waals surface area contributed by atoms with Gasteiger partial charge in [0.25, 0.3) is 0 Å². The first-order valence-corrected chi connectivity index (χ1v) is 8.38. The average Bonchev–Trinajstić information content (AvgIpc) is 2.58. The molecule has 2 aliphatic rings. The van der Waals surface area contributed by atoms with E-state index in [0.29, 0.717) is 11.8 Å². The topological polar surface area (TPSA) is 49.3 Å². The number of hydrogen-bond acceptors (Lipinski definition) is 4. The van der Waals surface area contributed by atoms with E-state index in [4.69, 9.17) is 0 Å². The fraction of sp³-hybridized carbons (Fsp3) is 0.706. The van der Waals surface area contributed by atoms with Crippen LogP contribution in [0.2, 0.25) is 0 Å². The van der Waals surface area contributed by atoms with Gasteiger partial charge in [0.15, 0.2) is 0 Å². The molecular weight excluding hydrogens is 276 g/mol. The normalized spacial score (nSPS) is 27.8. The molecule has 3 rings (SSSR count). The van der Waals surface area contributed by atoms with Gasteiger partial charge in [0.2, 0.25) is 5.91 Å². The molecule has 0 aromatic carbocycles. The smallest absolute Gasteiger partial charge is 0.242 e. The molecule has 0 saturated carbocycles. The number of aromatic nitrogens is 2. The van der Waals surface area contributed by atoms with Crippen molar-refractivity contribution in [1.29, 1.82) is 0 Å². The molecule has 2 saturated heterocycles. The molecule has 1 aromatic rings. The number of likely N-dealkylation sites (tertiary alicyclic amines) is 2. The minimum absolute atomic E-state index is 0.308. The average molecular weight is 302 g/mol. The number of carbonyl (C=O) groups excluding carboxylic acids is 1. The van der Waals surface area contributed by atoms with Gasteiger partial charge in [-0.3, -0.25) is 19.7 Å². The summed E-state index contributed by atoms with van der Waals surface area (Å²) in [5.41, 5.74) is 0.757. The highest BCUT2D eigenvalue weighted by Gasteiger charge is 2.42. The molecule has 5 heteroatoms. The highest BCUT2D eigenvalue weighted by molar-refractivity contribution is 5.86. The molecule has 3 heterocycles. The van der Waals surface area contributed by atoms with Crippen molar-refractivity contribution in [2.45, 2.75) is 50.5 Å². The van der Waals surface area contributed by atoms with Crippen molar-refractivity contribution in [2.24, 2.45) is 0 Å². The van der Waals surface area contributed by atoms with Crippen LogP contribution in [0.15, 0.2) is 18.6 Å². The van der Waals surface area contributed by atoms with E-state index in [2.05, 4.69) is 33.7 Å². The molecule has 1 atom stereocenters. The molecule has 0 bridgehead atoms. The SMILES string of the molecule is CN1CCCC[C@@]1(C)C(=O)N1CCC(c2cnccn2)CC1. The molecule has 2 fully saturated rings. The van der Waals surface area contributed by atoms with Gasteiger partial charge >= 0.3 is 0 Å². The third kappa shape index (κ3) is 2.86. The van der Waals surface area contributed by atoms with Crippen LogP contribution in [0.3, 0.4) is 0 Å². The molecule has 120 valence electrons. The maximum Gasteiger partial charge on any atom is 0.242 e. The van der Waals surface area contributed by atoms with Crippen molar-refractivity contribution in [3.05, 3.63) is 24.3 Å². The molecule has 1 amide bonds. The van der Waals surface area contributed by atoms with Gasteiger partial charge in [-0.2, -0.15) is 0 Å². The number of amides is 1. The van der Waals surface area contributed by atoms with Gasteiger partial charge in [-0.1, -0.05) is 0 Å².